The predicted molar refractivity (Wildman–Crippen MR) is 76.7 cm³/mol. The summed E-state index contributed by atoms with van der Waals surface area (Å²) in [5.74, 6) is -0.0157. The van der Waals surface area contributed by atoms with Crippen molar-refractivity contribution in [1.82, 2.24) is 5.32 Å². The molecule has 0 aliphatic carbocycles. The molecular weight excluding hydrogens is 404 g/mol. The summed E-state index contributed by atoms with van der Waals surface area (Å²) in [4.78, 5) is 11.6. The Morgan fingerprint density at radius 2 is 1.81 bits per heavy atom. The second-order valence-corrected chi connectivity index (χ2v) is 5.77. The van der Waals surface area contributed by atoms with Gasteiger partial charge in [0.1, 0.15) is 0 Å². The summed E-state index contributed by atoms with van der Waals surface area (Å²) < 4.78 is 2.62. The third-order valence-electron chi connectivity index (χ3n) is 1.87. The summed E-state index contributed by atoms with van der Waals surface area (Å²) in [5, 5.41) is 5.78. The molecule has 88 valence electrons. The first-order valence-corrected chi connectivity index (χ1v) is 7.01. The average Bonchev–Trinajstić information content (AvgIpc) is 2.20. The summed E-state index contributed by atoms with van der Waals surface area (Å²) in [7, 11) is 1.82. The van der Waals surface area contributed by atoms with Crippen molar-refractivity contribution in [2.24, 2.45) is 0 Å². The number of hydrogen-bond acceptors (Lipinski definition) is 2. The van der Waals surface area contributed by atoms with E-state index < -0.39 is 0 Å². The van der Waals surface area contributed by atoms with Crippen LogP contribution < -0.4 is 10.6 Å². The fourth-order valence-electron chi connectivity index (χ4n) is 1.10. The van der Waals surface area contributed by atoms with E-state index in [0.717, 1.165) is 19.1 Å². The fraction of sp³-hybridized carbons (Fsp3) is 0.300. The lowest BCUT2D eigenvalue weighted by Gasteiger charge is -2.10. The highest BCUT2D eigenvalue weighted by atomic mass is 79.9. The van der Waals surface area contributed by atoms with Crippen LogP contribution in [0.15, 0.2) is 25.6 Å². The molecule has 0 radical (unpaired) electrons. The molecule has 0 aliphatic heterocycles. The Balaban J connectivity index is 2.77. The lowest BCUT2D eigenvalue weighted by atomic mass is 10.3. The van der Waals surface area contributed by atoms with E-state index in [1.165, 1.54) is 0 Å². The normalized spacial score (nSPS) is 10.2. The minimum absolute atomic E-state index is 0.0157. The number of nitrogens with one attached hydrogen (secondary N) is 2. The number of amides is 1. The SMILES string of the molecule is CNCCC(=O)Nc1c(Br)cc(Br)cc1Br. The molecule has 0 saturated carbocycles. The predicted octanol–water partition coefficient (Wildman–Crippen LogP) is 3.52. The van der Waals surface area contributed by atoms with E-state index >= 15 is 0 Å². The zero-order valence-corrected chi connectivity index (χ0v) is 13.4. The van der Waals surface area contributed by atoms with E-state index in [1.54, 1.807) is 0 Å². The molecule has 1 amide bonds. The Hall–Kier alpha value is 0.0900. The summed E-state index contributed by atoms with van der Waals surface area (Å²) in [6, 6.07) is 3.77. The largest absolute Gasteiger partial charge is 0.324 e. The van der Waals surface area contributed by atoms with Crippen molar-refractivity contribution in [3.63, 3.8) is 0 Å². The van der Waals surface area contributed by atoms with Gasteiger partial charge in [-0.1, -0.05) is 15.9 Å². The molecule has 0 bridgehead atoms. The maximum Gasteiger partial charge on any atom is 0.225 e. The number of anilines is 1. The van der Waals surface area contributed by atoms with Gasteiger partial charge in [0.25, 0.3) is 0 Å². The first-order valence-electron chi connectivity index (χ1n) is 4.63. The zero-order valence-electron chi connectivity index (χ0n) is 8.61. The number of halogens is 3. The summed E-state index contributed by atoms with van der Waals surface area (Å²) in [5.41, 5.74) is 0.754. The molecule has 1 aromatic carbocycles. The van der Waals surface area contributed by atoms with Crippen molar-refractivity contribution < 1.29 is 4.79 Å². The molecule has 0 aromatic heterocycles. The van der Waals surface area contributed by atoms with E-state index in [4.69, 9.17) is 0 Å². The van der Waals surface area contributed by atoms with Gasteiger partial charge in [0.15, 0.2) is 0 Å². The highest BCUT2D eigenvalue weighted by Gasteiger charge is 2.09. The molecule has 1 aromatic rings. The van der Waals surface area contributed by atoms with Crippen molar-refractivity contribution in [2.75, 3.05) is 18.9 Å². The second kappa shape index (κ2) is 6.74. The zero-order chi connectivity index (χ0) is 12.1. The van der Waals surface area contributed by atoms with Gasteiger partial charge in [0.05, 0.1) is 5.69 Å². The monoisotopic (exact) mass is 412 g/mol. The van der Waals surface area contributed by atoms with Gasteiger partial charge in [-0.15, -0.1) is 0 Å². The highest BCUT2D eigenvalue weighted by molar-refractivity contribution is 9.11. The number of hydrogen-bond donors (Lipinski definition) is 2. The van der Waals surface area contributed by atoms with Gasteiger partial charge in [0.2, 0.25) is 5.91 Å². The lowest BCUT2D eigenvalue weighted by molar-refractivity contribution is -0.116. The molecule has 0 spiro atoms. The molecule has 16 heavy (non-hydrogen) atoms. The first-order chi connectivity index (χ1) is 7.54. The maximum absolute atomic E-state index is 11.6. The van der Waals surface area contributed by atoms with Crippen LogP contribution in [0.5, 0.6) is 0 Å². The Morgan fingerprint density at radius 3 is 2.31 bits per heavy atom. The van der Waals surface area contributed by atoms with Crippen LogP contribution in [0.1, 0.15) is 6.42 Å². The minimum atomic E-state index is -0.0157. The summed E-state index contributed by atoms with van der Waals surface area (Å²) in [6.07, 6.45) is 0.450. The fourth-order valence-corrected chi connectivity index (χ4v) is 3.56. The molecular formula is C10H11Br3N2O. The molecule has 0 atom stereocenters. The van der Waals surface area contributed by atoms with Crippen LogP contribution in [0, 0.1) is 0 Å². The van der Waals surface area contributed by atoms with Gasteiger partial charge in [-0.25, -0.2) is 0 Å². The van der Waals surface area contributed by atoms with Crippen molar-refractivity contribution >= 4 is 59.4 Å². The average molecular weight is 415 g/mol. The van der Waals surface area contributed by atoms with Crippen LogP contribution in [0.3, 0.4) is 0 Å². The standard InChI is InChI=1S/C10H11Br3N2O/c1-14-3-2-9(16)15-10-7(12)4-6(11)5-8(10)13/h4-5,14H,2-3H2,1H3,(H,15,16). The number of carbonyl (C=O) groups is 1. The van der Waals surface area contributed by atoms with Crippen molar-refractivity contribution in [3.8, 4) is 0 Å². The lowest BCUT2D eigenvalue weighted by Crippen LogP contribution is -2.19. The van der Waals surface area contributed by atoms with Crippen molar-refractivity contribution in [1.29, 1.82) is 0 Å². The third kappa shape index (κ3) is 4.16. The summed E-state index contributed by atoms with van der Waals surface area (Å²) in [6.45, 7) is 0.664. The van der Waals surface area contributed by atoms with Crippen LogP contribution in [0.2, 0.25) is 0 Å². The van der Waals surface area contributed by atoms with E-state index in [-0.39, 0.29) is 5.91 Å². The molecule has 0 aliphatic rings. The van der Waals surface area contributed by atoms with Crippen LogP contribution in [-0.2, 0) is 4.79 Å². The number of benzene rings is 1. The van der Waals surface area contributed by atoms with Crippen LogP contribution in [0.25, 0.3) is 0 Å². The van der Waals surface area contributed by atoms with Gasteiger partial charge in [-0.05, 0) is 51.0 Å². The van der Waals surface area contributed by atoms with Crippen LogP contribution in [0.4, 0.5) is 5.69 Å². The molecule has 0 unspecified atom stereocenters. The van der Waals surface area contributed by atoms with Gasteiger partial charge in [0, 0.05) is 26.4 Å². The van der Waals surface area contributed by atoms with E-state index in [0.29, 0.717) is 13.0 Å². The number of rotatable bonds is 4. The molecule has 0 saturated heterocycles. The van der Waals surface area contributed by atoms with E-state index in [9.17, 15) is 4.79 Å². The van der Waals surface area contributed by atoms with Crippen LogP contribution >= 0.6 is 47.8 Å². The Kier molecular flexibility index (Phi) is 5.96. The van der Waals surface area contributed by atoms with Crippen LogP contribution in [-0.4, -0.2) is 19.5 Å². The maximum atomic E-state index is 11.6. The smallest absolute Gasteiger partial charge is 0.225 e. The topological polar surface area (TPSA) is 41.1 Å². The molecule has 0 fully saturated rings. The Morgan fingerprint density at radius 1 is 1.25 bits per heavy atom. The molecule has 6 heteroatoms. The molecule has 2 N–H and O–H groups in total. The Bertz CT molecular complexity index is 373. The number of carbonyl (C=O) groups excluding carboxylic acids is 1. The summed E-state index contributed by atoms with van der Waals surface area (Å²) >= 11 is 10.2. The van der Waals surface area contributed by atoms with Gasteiger partial charge >= 0.3 is 0 Å². The minimum Gasteiger partial charge on any atom is -0.324 e. The van der Waals surface area contributed by atoms with Gasteiger partial charge in [-0.3, -0.25) is 4.79 Å². The van der Waals surface area contributed by atoms with Gasteiger partial charge < -0.3 is 10.6 Å². The molecule has 0 heterocycles. The van der Waals surface area contributed by atoms with E-state index in [1.807, 2.05) is 19.2 Å². The van der Waals surface area contributed by atoms with E-state index in [2.05, 4.69) is 58.4 Å². The second-order valence-electron chi connectivity index (χ2n) is 3.15. The quantitative estimate of drug-likeness (QED) is 0.791. The van der Waals surface area contributed by atoms with Crippen molar-refractivity contribution in [3.05, 3.63) is 25.6 Å². The third-order valence-corrected chi connectivity index (χ3v) is 3.58. The highest BCUT2D eigenvalue weighted by Crippen LogP contribution is 2.34. The Labute approximate surface area is 120 Å². The molecule has 1 rings (SSSR count). The molecule has 3 nitrogen and oxygen atoms in total. The van der Waals surface area contributed by atoms with Gasteiger partial charge in [-0.2, -0.15) is 0 Å². The first kappa shape index (κ1) is 14.2. The van der Waals surface area contributed by atoms with Crippen molar-refractivity contribution in [2.45, 2.75) is 6.42 Å².